The molecule has 1 N–H and O–H groups in total. The number of anilines is 1. The normalized spacial score (nSPS) is 11.4. The molecule has 0 fully saturated rings. The molecule has 0 bridgehead atoms. The number of carbonyl (C=O) groups excluding carboxylic acids is 1. The van der Waals surface area contributed by atoms with Gasteiger partial charge in [-0.25, -0.2) is 4.98 Å². The molecule has 0 atom stereocenters. The highest BCUT2D eigenvalue weighted by Crippen LogP contribution is 2.37. The van der Waals surface area contributed by atoms with Gasteiger partial charge in [-0.1, -0.05) is 29.8 Å². The molecule has 9 heteroatoms. The number of rotatable bonds is 5. The number of para-hydroxylation sites is 1. The largest absolute Gasteiger partial charge is 0.493 e. The van der Waals surface area contributed by atoms with E-state index in [2.05, 4.69) is 10.3 Å². The van der Waals surface area contributed by atoms with E-state index < -0.39 is 23.3 Å². The molecule has 0 aliphatic heterocycles. The van der Waals surface area contributed by atoms with Crippen LogP contribution in [-0.2, 0) is 6.18 Å². The summed E-state index contributed by atoms with van der Waals surface area (Å²) in [5, 5.41) is 2.79. The van der Waals surface area contributed by atoms with Gasteiger partial charge in [-0.15, -0.1) is 0 Å². The molecule has 4 rings (SSSR count). The number of benzene rings is 3. The number of aromatic nitrogens is 1. The van der Waals surface area contributed by atoms with Crippen molar-refractivity contribution in [1.29, 1.82) is 0 Å². The molecular weight excluding hydrogens is 469 g/mol. The van der Waals surface area contributed by atoms with Crippen molar-refractivity contribution >= 4 is 34.1 Å². The van der Waals surface area contributed by atoms with Crippen molar-refractivity contribution in [2.45, 2.75) is 6.18 Å². The van der Waals surface area contributed by atoms with Gasteiger partial charge in [0.25, 0.3) is 5.91 Å². The van der Waals surface area contributed by atoms with Crippen molar-refractivity contribution in [1.82, 2.24) is 4.98 Å². The highest BCUT2D eigenvalue weighted by molar-refractivity contribution is 6.30. The smallest absolute Gasteiger partial charge is 0.418 e. The molecule has 0 aliphatic rings. The van der Waals surface area contributed by atoms with Crippen LogP contribution < -0.4 is 14.8 Å². The van der Waals surface area contributed by atoms with Gasteiger partial charge in [0.15, 0.2) is 11.5 Å². The Hall–Kier alpha value is -3.78. The number of carbonyl (C=O) groups is 1. The maximum absolute atomic E-state index is 13.5. The number of pyridine rings is 1. The molecule has 5 nitrogen and oxygen atoms in total. The fraction of sp³-hybridized carbons (Fsp3) is 0.120. The van der Waals surface area contributed by atoms with Crippen LogP contribution in [0.2, 0.25) is 5.02 Å². The van der Waals surface area contributed by atoms with Crippen LogP contribution in [-0.4, -0.2) is 25.1 Å². The van der Waals surface area contributed by atoms with Crippen LogP contribution in [0.15, 0.2) is 66.7 Å². The first kappa shape index (κ1) is 23.4. The van der Waals surface area contributed by atoms with E-state index in [4.69, 9.17) is 21.1 Å². The third kappa shape index (κ3) is 4.63. The predicted octanol–water partition coefficient (Wildman–Crippen LogP) is 6.84. The Kier molecular flexibility index (Phi) is 6.34. The molecule has 1 amide bonds. The van der Waals surface area contributed by atoms with Crippen LogP contribution in [0.5, 0.6) is 11.5 Å². The van der Waals surface area contributed by atoms with Gasteiger partial charge in [-0.05, 0) is 48.5 Å². The van der Waals surface area contributed by atoms with Crippen LogP contribution in [0.25, 0.3) is 22.2 Å². The first-order valence-electron chi connectivity index (χ1n) is 10.0. The Labute approximate surface area is 198 Å². The Bertz CT molecular complexity index is 1390. The molecule has 1 heterocycles. The lowest BCUT2D eigenvalue weighted by molar-refractivity contribution is -0.136. The SMILES string of the molecule is COc1ccc(-c2cc(C(=O)Nc3ccc(Cl)cc3C(F)(F)F)c3ccccc3n2)cc1OC. The molecule has 0 saturated carbocycles. The second-order valence-electron chi connectivity index (χ2n) is 7.28. The highest BCUT2D eigenvalue weighted by Gasteiger charge is 2.34. The first-order valence-corrected chi connectivity index (χ1v) is 10.4. The van der Waals surface area contributed by atoms with Gasteiger partial charge in [-0.2, -0.15) is 13.2 Å². The molecule has 0 unspecified atom stereocenters. The molecular formula is C25H18ClF3N2O3. The van der Waals surface area contributed by atoms with Gasteiger partial charge in [0, 0.05) is 16.0 Å². The average Bonchev–Trinajstić information content (AvgIpc) is 2.83. The summed E-state index contributed by atoms with van der Waals surface area (Å²) in [7, 11) is 3.01. The van der Waals surface area contributed by atoms with Crippen LogP contribution in [0, 0.1) is 0 Å². The lowest BCUT2D eigenvalue weighted by Gasteiger charge is -2.16. The topological polar surface area (TPSA) is 60.5 Å². The number of nitrogens with zero attached hydrogens (tertiary/aromatic N) is 1. The highest BCUT2D eigenvalue weighted by atomic mass is 35.5. The molecule has 174 valence electrons. The lowest BCUT2D eigenvalue weighted by atomic mass is 10.0. The minimum absolute atomic E-state index is 0.0876. The molecule has 0 saturated heterocycles. The van der Waals surface area contributed by atoms with E-state index in [1.807, 2.05) is 0 Å². The van der Waals surface area contributed by atoms with E-state index in [-0.39, 0.29) is 10.6 Å². The number of halogens is 4. The van der Waals surface area contributed by atoms with Crippen LogP contribution in [0.3, 0.4) is 0 Å². The number of nitrogens with one attached hydrogen (secondary N) is 1. The number of hydrogen-bond donors (Lipinski definition) is 1. The summed E-state index contributed by atoms with van der Waals surface area (Å²) in [5.41, 5.74) is 0.324. The summed E-state index contributed by atoms with van der Waals surface area (Å²) in [4.78, 5) is 17.8. The predicted molar refractivity (Wildman–Crippen MR) is 125 cm³/mol. The number of hydrogen-bond acceptors (Lipinski definition) is 4. The van der Waals surface area contributed by atoms with E-state index in [9.17, 15) is 18.0 Å². The molecule has 34 heavy (non-hydrogen) atoms. The number of methoxy groups -OCH3 is 2. The average molecular weight is 487 g/mol. The minimum Gasteiger partial charge on any atom is -0.493 e. The summed E-state index contributed by atoms with van der Waals surface area (Å²) in [6, 6.07) is 16.8. The van der Waals surface area contributed by atoms with Gasteiger partial charge in [0.1, 0.15) is 0 Å². The number of fused-ring (bicyclic) bond motifs is 1. The fourth-order valence-corrected chi connectivity index (χ4v) is 3.73. The standard InChI is InChI=1S/C25H18ClF3N2O3/c1-33-22-10-7-14(11-23(22)34-2)21-13-17(16-5-3-4-6-19(16)30-21)24(32)31-20-9-8-15(26)12-18(20)25(27,28)29/h3-13H,1-2H3,(H,31,32). The molecule has 3 aromatic carbocycles. The van der Waals surface area contributed by atoms with E-state index in [1.165, 1.54) is 26.4 Å². The molecule has 0 spiro atoms. The Balaban J connectivity index is 1.82. The maximum Gasteiger partial charge on any atom is 0.418 e. The van der Waals surface area contributed by atoms with E-state index in [1.54, 1.807) is 42.5 Å². The van der Waals surface area contributed by atoms with Crippen LogP contribution in [0.4, 0.5) is 18.9 Å². The van der Waals surface area contributed by atoms with E-state index >= 15 is 0 Å². The Morgan fingerprint density at radius 2 is 1.68 bits per heavy atom. The monoisotopic (exact) mass is 486 g/mol. The zero-order chi connectivity index (χ0) is 24.5. The van der Waals surface area contributed by atoms with Crippen molar-refractivity contribution in [3.05, 3.63) is 82.9 Å². The number of ether oxygens (including phenoxy) is 2. The molecule has 4 aromatic rings. The molecule has 0 aliphatic carbocycles. The van der Waals surface area contributed by atoms with Gasteiger partial charge in [0.05, 0.1) is 42.2 Å². The van der Waals surface area contributed by atoms with Gasteiger partial charge < -0.3 is 14.8 Å². The minimum atomic E-state index is -4.70. The number of amides is 1. The van der Waals surface area contributed by atoms with Crippen LogP contribution in [0.1, 0.15) is 15.9 Å². The van der Waals surface area contributed by atoms with Gasteiger partial charge >= 0.3 is 6.18 Å². The quantitative estimate of drug-likeness (QED) is 0.335. The van der Waals surface area contributed by atoms with Crippen molar-refractivity contribution in [3.63, 3.8) is 0 Å². The van der Waals surface area contributed by atoms with Crippen molar-refractivity contribution in [2.75, 3.05) is 19.5 Å². The Morgan fingerprint density at radius 1 is 0.941 bits per heavy atom. The first-order chi connectivity index (χ1) is 16.2. The third-order valence-electron chi connectivity index (χ3n) is 5.18. The Morgan fingerprint density at radius 3 is 2.38 bits per heavy atom. The summed E-state index contributed by atoms with van der Waals surface area (Å²) in [6.45, 7) is 0. The van der Waals surface area contributed by atoms with Crippen molar-refractivity contribution in [2.24, 2.45) is 0 Å². The number of alkyl halides is 3. The molecule has 1 aromatic heterocycles. The van der Waals surface area contributed by atoms with Crippen LogP contribution >= 0.6 is 11.6 Å². The van der Waals surface area contributed by atoms with Gasteiger partial charge in [-0.3, -0.25) is 4.79 Å². The zero-order valence-electron chi connectivity index (χ0n) is 18.0. The van der Waals surface area contributed by atoms with Gasteiger partial charge in [0.2, 0.25) is 0 Å². The molecule has 0 radical (unpaired) electrons. The summed E-state index contributed by atoms with van der Waals surface area (Å²) < 4.78 is 51.1. The van der Waals surface area contributed by atoms with E-state index in [0.29, 0.717) is 33.7 Å². The fourth-order valence-electron chi connectivity index (χ4n) is 3.56. The maximum atomic E-state index is 13.5. The third-order valence-corrected chi connectivity index (χ3v) is 5.41. The van der Waals surface area contributed by atoms with E-state index in [0.717, 1.165) is 12.1 Å². The second-order valence-corrected chi connectivity index (χ2v) is 7.72. The summed E-state index contributed by atoms with van der Waals surface area (Å²) >= 11 is 5.75. The lowest BCUT2D eigenvalue weighted by Crippen LogP contribution is -2.17. The summed E-state index contributed by atoms with van der Waals surface area (Å²) in [5.74, 6) is 0.275. The summed E-state index contributed by atoms with van der Waals surface area (Å²) in [6.07, 6.45) is -4.70. The van der Waals surface area contributed by atoms with Crippen molar-refractivity contribution in [3.8, 4) is 22.8 Å². The zero-order valence-corrected chi connectivity index (χ0v) is 18.8. The van der Waals surface area contributed by atoms with Crippen molar-refractivity contribution < 1.29 is 27.4 Å². The second kappa shape index (κ2) is 9.23.